The van der Waals surface area contributed by atoms with Gasteiger partial charge in [-0.25, -0.2) is 4.39 Å². The number of hydrogen-bond acceptors (Lipinski definition) is 1. The van der Waals surface area contributed by atoms with E-state index < -0.39 is 0 Å². The molecule has 0 bridgehead atoms. The third kappa shape index (κ3) is 3.53. The largest absolute Gasteiger partial charge is 0.306 e. The van der Waals surface area contributed by atoms with E-state index in [9.17, 15) is 4.39 Å². The van der Waals surface area contributed by atoms with E-state index in [0.717, 1.165) is 38.8 Å². The summed E-state index contributed by atoms with van der Waals surface area (Å²) in [5.74, 6) is -0.141. The van der Waals surface area contributed by atoms with Gasteiger partial charge in [0, 0.05) is 10.0 Å². The first-order chi connectivity index (χ1) is 9.93. The molecule has 0 aliphatic carbocycles. The lowest BCUT2D eigenvalue weighted by molar-refractivity contribution is 0.554. The van der Waals surface area contributed by atoms with Gasteiger partial charge in [-0.05, 0) is 67.8 Å². The zero-order valence-electron chi connectivity index (χ0n) is 12.9. The highest BCUT2D eigenvalue weighted by molar-refractivity contribution is 9.10. The molecule has 0 heterocycles. The van der Waals surface area contributed by atoms with Crippen LogP contribution in [0.1, 0.15) is 40.8 Å². The molecule has 2 rings (SSSR count). The Labute approximate surface area is 134 Å². The van der Waals surface area contributed by atoms with Gasteiger partial charge in [0.05, 0.1) is 6.04 Å². The van der Waals surface area contributed by atoms with E-state index in [0.29, 0.717) is 0 Å². The maximum Gasteiger partial charge on any atom is 0.128 e. The summed E-state index contributed by atoms with van der Waals surface area (Å²) in [5.41, 5.74) is 4.94. The van der Waals surface area contributed by atoms with Crippen molar-refractivity contribution in [2.24, 2.45) is 0 Å². The molecule has 0 radical (unpaired) electrons. The molecule has 1 nitrogen and oxygen atoms in total. The van der Waals surface area contributed by atoms with Crippen molar-refractivity contribution in [2.75, 3.05) is 6.54 Å². The highest BCUT2D eigenvalue weighted by Gasteiger charge is 2.21. The second-order valence-corrected chi connectivity index (χ2v) is 6.38. The second kappa shape index (κ2) is 6.71. The van der Waals surface area contributed by atoms with Gasteiger partial charge in [0.25, 0.3) is 0 Å². The minimum absolute atomic E-state index is 0.131. The van der Waals surface area contributed by atoms with E-state index in [1.807, 2.05) is 32.9 Å². The van der Waals surface area contributed by atoms with Crippen LogP contribution in [0.3, 0.4) is 0 Å². The van der Waals surface area contributed by atoms with E-state index in [-0.39, 0.29) is 11.9 Å². The third-order valence-corrected chi connectivity index (χ3v) is 4.22. The predicted octanol–water partition coefficient (Wildman–Crippen LogP) is 5.21. The molecule has 2 aromatic rings. The summed E-state index contributed by atoms with van der Waals surface area (Å²) in [6, 6.07) is 9.66. The molecule has 0 spiro atoms. The molecule has 0 amide bonds. The van der Waals surface area contributed by atoms with E-state index >= 15 is 0 Å². The number of nitrogens with one attached hydrogen (secondary N) is 1. The van der Waals surface area contributed by atoms with Gasteiger partial charge in [0.1, 0.15) is 5.82 Å². The van der Waals surface area contributed by atoms with Crippen molar-refractivity contribution in [1.29, 1.82) is 0 Å². The van der Waals surface area contributed by atoms with Crippen LogP contribution in [0, 0.1) is 26.6 Å². The van der Waals surface area contributed by atoms with Gasteiger partial charge in [-0.3, -0.25) is 0 Å². The fourth-order valence-electron chi connectivity index (χ4n) is 2.79. The Hall–Kier alpha value is -1.19. The molecule has 1 N–H and O–H groups in total. The number of benzene rings is 2. The molecule has 0 fully saturated rings. The summed E-state index contributed by atoms with van der Waals surface area (Å²) in [6.45, 7) is 8.79. The number of rotatable bonds is 4. The van der Waals surface area contributed by atoms with E-state index in [4.69, 9.17) is 0 Å². The molecule has 2 aromatic carbocycles. The molecular weight excluding hydrogens is 329 g/mol. The van der Waals surface area contributed by atoms with Gasteiger partial charge < -0.3 is 5.32 Å². The van der Waals surface area contributed by atoms with Crippen LogP contribution in [-0.2, 0) is 0 Å². The summed E-state index contributed by atoms with van der Waals surface area (Å²) in [4.78, 5) is 0. The Kier molecular flexibility index (Phi) is 5.17. The van der Waals surface area contributed by atoms with Crippen LogP contribution in [0.4, 0.5) is 4.39 Å². The van der Waals surface area contributed by atoms with Crippen molar-refractivity contribution in [3.8, 4) is 0 Å². The highest BCUT2D eigenvalue weighted by atomic mass is 79.9. The van der Waals surface area contributed by atoms with Crippen molar-refractivity contribution >= 4 is 15.9 Å². The van der Waals surface area contributed by atoms with Crippen molar-refractivity contribution in [3.63, 3.8) is 0 Å². The smallest absolute Gasteiger partial charge is 0.128 e. The molecule has 1 unspecified atom stereocenters. The molecule has 0 aliphatic rings. The summed E-state index contributed by atoms with van der Waals surface area (Å²) < 4.78 is 15.6. The SMILES string of the molecule is CCNC(c1cc(Br)ccc1C)c1c(C)cc(C)cc1F. The van der Waals surface area contributed by atoms with Crippen LogP contribution in [0.2, 0.25) is 0 Å². The average Bonchev–Trinajstić information content (AvgIpc) is 2.39. The fraction of sp³-hybridized carbons (Fsp3) is 0.333. The van der Waals surface area contributed by atoms with Crippen molar-refractivity contribution in [2.45, 2.75) is 33.7 Å². The van der Waals surface area contributed by atoms with Gasteiger partial charge in [-0.2, -0.15) is 0 Å². The lowest BCUT2D eigenvalue weighted by atomic mass is 9.91. The first-order valence-corrected chi connectivity index (χ1v) is 7.99. The van der Waals surface area contributed by atoms with Gasteiger partial charge in [0.15, 0.2) is 0 Å². The molecule has 0 aromatic heterocycles. The number of halogens is 2. The third-order valence-electron chi connectivity index (χ3n) is 3.73. The van der Waals surface area contributed by atoms with Gasteiger partial charge in [-0.15, -0.1) is 0 Å². The van der Waals surface area contributed by atoms with Crippen LogP contribution in [0.5, 0.6) is 0 Å². The van der Waals surface area contributed by atoms with Crippen LogP contribution in [0.25, 0.3) is 0 Å². The summed E-state index contributed by atoms with van der Waals surface area (Å²) in [6.07, 6.45) is 0. The monoisotopic (exact) mass is 349 g/mol. The molecule has 21 heavy (non-hydrogen) atoms. The maximum absolute atomic E-state index is 14.6. The van der Waals surface area contributed by atoms with Gasteiger partial charge in [0.2, 0.25) is 0 Å². The first kappa shape index (κ1) is 16.2. The number of hydrogen-bond donors (Lipinski definition) is 1. The molecule has 1 atom stereocenters. The molecular formula is C18H21BrFN. The minimum atomic E-state index is -0.141. The lowest BCUT2D eigenvalue weighted by Crippen LogP contribution is -2.24. The normalized spacial score (nSPS) is 12.5. The topological polar surface area (TPSA) is 12.0 Å². The fourth-order valence-corrected chi connectivity index (χ4v) is 3.17. The van der Waals surface area contributed by atoms with Crippen LogP contribution < -0.4 is 5.32 Å². The Morgan fingerprint density at radius 3 is 2.43 bits per heavy atom. The molecule has 3 heteroatoms. The molecule has 112 valence electrons. The molecule has 0 aliphatic heterocycles. The number of aryl methyl sites for hydroxylation is 3. The van der Waals surface area contributed by atoms with E-state index in [1.54, 1.807) is 6.07 Å². The Balaban J connectivity index is 2.61. The first-order valence-electron chi connectivity index (χ1n) is 7.20. The average molecular weight is 350 g/mol. The summed E-state index contributed by atoms with van der Waals surface area (Å²) in [5, 5.41) is 3.42. The zero-order valence-corrected chi connectivity index (χ0v) is 14.5. The van der Waals surface area contributed by atoms with Crippen molar-refractivity contribution < 1.29 is 4.39 Å². The van der Waals surface area contributed by atoms with E-state index in [2.05, 4.69) is 40.3 Å². The van der Waals surface area contributed by atoms with Gasteiger partial charge in [-0.1, -0.05) is 35.0 Å². The Morgan fingerprint density at radius 1 is 1.10 bits per heavy atom. The van der Waals surface area contributed by atoms with Crippen molar-refractivity contribution in [3.05, 3.63) is 68.4 Å². The van der Waals surface area contributed by atoms with Crippen molar-refractivity contribution in [1.82, 2.24) is 5.32 Å². The van der Waals surface area contributed by atoms with Crippen LogP contribution in [-0.4, -0.2) is 6.54 Å². The molecule has 0 saturated carbocycles. The Morgan fingerprint density at radius 2 is 1.81 bits per heavy atom. The summed E-state index contributed by atoms with van der Waals surface area (Å²) in [7, 11) is 0. The van der Waals surface area contributed by atoms with Crippen LogP contribution in [0.15, 0.2) is 34.8 Å². The second-order valence-electron chi connectivity index (χ2n) is 5.47. The lowest BCUT2D eigenvalue weighted by Gasteiger charge is -2.24. The van der Waals surface area contributed by atoms with Crippen LogP contribution >= 0.6 is 15.9 Å². The quantitative estimate of drug-likeness (QED) is 0.798. The van der Waals surface area contributed by atoms with Gasteiger partial charge >= 0.3 is 0 Å². The standard InChI is InChI=1S/C18H21BrFN/c1-5-21-18(15-10-14(19)7-6-12(15)3)17-13(4)8-11(2)9-16(17)20/h6-10,18,21H,5H2,1-4H3. The zero-order chi connectivity index (χ0) is 15.6. The predicted molar refractivity (Wildman–Crippen MR) is 90.3 cm³/mol. The maximum atomic E-state index is 14.6. The van der Waals surface area contributed by atoms with E-state index in [1.165, 1.54) is 0 Å². The summed E-state index contributed by atoms with van der Waals surface area (Å²) >= 11 is 3.52. The minimum Gasteiger partial charge on any atom is -0.306 e. The Bertz CT molecular complexity index is 629. The molecule has 0 saturated heterocycles. The highest BCUT2D eigenvalue weighted by Crippen LogP contribution is 2.31.